The van der Waals surface area contributed by atoms with Crippen LogP contribution in [0.15, 0.2) is 0 Å². The summed E-state index contributed by atoms with van der Waals surface area (Å²) in [7, 11) is 0. The topological polar surface area (TPSA) is 99.3 Å². The number of aromatic nitrogens is 1. The Morgan fingerprint density at radius 3 is 2.33 bits per heavy atom. The first-order chi connectivity index (χ1) is 11.2. The summed E-state index contributed by atoms with van der Waals surface area (Å²) < 4.78 is 0. The fraction of sp³-hybridized carbons (Fsp3) is 0.611. The van der Waals surface area contributed by atoms with Gasteiger partial charge in [0.2, 0.25) is 0 Å². The standard InChI is InChI=1S/C18H26N2O4/c1-5-13-14(12(4)21)11(3)19-15(13)16(22)20-18(17(23)24)8-6-10(2)7-9-18/h10,19H,5-9H2,1-4H3,(H,20,22)(H,23,24). The molecule has 0 aliphatic heterocycles. The van der Waals surface area contributed by atoms with Crippen molar-refractivity contribution in [1.82, 2.24) is 10.3 Å². The third-order valence-electron chi connectivity index (χ3n) is 5.11. The minimum absolute atomic E-state index is 0.0981. The van der Waals surface area contributed by atoms with Crippen molar-refractivity contribution in [2.75, 3.05) is 0 Å². The van der Waals surface area contributed by atoms with Crippen LogP contribution < -0.4 is 5.32 Å². The highest BCUT2D eigenvalue weighted by Gasteiger charge is 2.43. The predicted molar refractivity (Wildman–Crippen MR) is 90.4 cm³/mol. The second-order valence-electron chi connectivity index (χ2n) is 6.91. The van der Waals surface area contributed by atoms with Crippen LogP contribution in [-0.2, 0) is 11.2 Å². The highest BCUT2D eigenvalue weighted by Crippen LogP contribution is 2.33. The molecule has 1 aliphatic carbocycles. The van der Waals surface area contributed by atoms with Crippen molar-refractivity contribution in [2.24, 2.45) is 5.92 Å². The largest absolute Gasteiger partial charge is 0.480 e. The highest BCUT2D eigenvalue weighted by molar-refractivity contribution is 6.03. The van der Waals surface area contributed by atoms with Gasteiger partial charge >= 0.3 is 5.97 Å². The van der Waals surface area contributed by atoms with Crippen LogP contribution in [-0.4, -0.2) is 33.3 Å². The molecule has 0 atom stereocenters. The Kier molecular flexibility index (Phi) is 5.16. The minimum Gasteiger partial charge on any atom is -0.480 e. The van der Waals surface area contributed by atoms with Gasteiger partial charge in [-0.1, -0.05) is 13.8 Å². The van der Waals surface area contributed by atoms with Gasteiger partial charge in [0, 0.05) is 11.3 Å². The first kappa shape index (κ1) is 18.2. The molecule has 6 nitrogen and oxygen atoms in total. The van der Waals surface area contributed by atoms with E-state index in [4.69, 9.17) is 0 Å². The van der Waals surface area contributed by atoms with Gasteiger partial charge in [-0.05, 0) is 57.4 Å². The number of aryl methyl sites for hydroxylation is 1. The van der Waals surface area contributed by atoms with Gasteiger partial charge in [-0.2, -0.15) is 0 Å². The summed E-state index contributed by atoms with van der Waals surface area (Å²) in [6.07, 6.45) is 2.93. The van der Waals surface area contributed by atoms with Crippen molar-refractivity contribution in [2.45, 2.75) is 65.3 Å². The van der Waals surface area contributed by atoms with Crippen LogP contribution in [0, 0.1) is 12.8 Å². The molecule has 1 saturated carbocycles. The number of nitrogens with one attached hydrogen (secondary N) is 2. The summed E-state index contributed by atoms with van der Waals surface area (Å²) in [5.41, 5.74) is 0.918. The number of rotatable bonds is 5. The van der Waals surface area contributed by atoms with Crippen molar-refractivity contribution in [3.05, 3.63) is 22.5 Å². The first-order valence-electron chi connectivity index (χ1n) is 8.50. The van der Waals surface area contributed by atoms with Crippen LogP contribution in [0.3, 0.4) is 0 Å². The van der Waals surface area contributed by atoms with E-state index >= 15 is 0 Å². The summed E-state index contributed by atoms with van der Waals surface area (Å²) in [5.74, 6) is -1.06. The van der Waals surface area contributed by atoms with Crippen molar-refractivity contribution < 1.29 is 19.5 Å². The van der Waals surface area contributed by atoms with E-state index < -0.39 is 17.4 Å². The lowest BCUT2D eigenvalue weighted by Gasteiger charge is -2.36. The Morgan fingerprint density at radius 1 is 1.29 bits per heavy atom. The van der Waals surface area contributed by atoms with E-state index in [1.807, 2.05) is 6.92 Å². The smallest absolute Gasteiger partial charge is 0.329 e. The van der Waals surface area contributed by atoms with Gasteiger partial charge in [0.05, 0.1) is 0 Å². The number of Topliss-reactive ketones (excluding diaryl/α,β-unsaturated/α-hetero) is 1. The molecule has 1 aromatic rings. The van der Waals surface area contributed by atoms with Gasteiger partial charge in [0.15, 0.2) is 5.78 Å². The molecule has 132 valence electrons. The molecular formula is C18H26N2O4. The summed E-state index contributed by atoms with van der Waals surface area (Å²) in [6.45, 7) is 7.19. The lowest BCUT2D eigenvalue weighted by Crippen LogP contribution is -2.56. The molecule has 1 aliphatic rings. The maximum atomic E-state index is 12.8. The molecule has 1 aromatic heterocycles. The number of H-pyrrole nitrogens is 1. The Morgan fingerprint density at radius 2 is 1.88 bits per heavy atom. The van der Waals surface area contributed by atoms with Gasteiger partial charge in [-0.15, -0.1) is 0 Å². The molecule has 2 rings (SSSR count). The number of aliphatic carboxylic acids is 1. The zero-order valence-electron chi connectivity index (χ0n) is 14.8. The van der Waals surface area contributed by atoms with E-state index in [0.29, 0.717) is 47.7 Å². The molecule has 0 unspecified atom stereocenters. The fourth-order valence-corrected chi connectivity index (χ4v) is 3.63. The van der Waals surface area contributed by atoms with Gasteiger partial charge in [-0.3, -0.25) is 9.59 Å². The monoisotopic (exact) mass is 334 g/mol. The van der Waals surface area contributed by atoms with Gasteiger partial charge < -0.3 is 15.4 Å². The number of carboxylic acid groups (broad SMARTS) is 1. The minimum atomic E-state index is -1.22. The number of hydrogen-bond acceptors (Lipinski definition) is 3. The van der Waals surface area contributed by atoms with Gasteiger partial charge in [0.25, 0.3) is 5.91 Å². The lowest BCUT2D eigenvalue weighted by molar-refractivity contribution is -0.146. The molecular weight excluding hydrogens is 308 g/mol. The van der Waals surface area contributed by atoms with Crippen LogP contribution in [0.1, 0.15) is 78.6 Å². The second kappa shape index (κ2) is 6.79. The molecule has 0 spiro atoms. The number of carbonyl (C=O) groups is 3. The summed E-state index contributed by atoms with van der Waals surface area (Å²) in [4.78, 5) is 39.4. The van der Waals surface area contributed by atoms with E-state index in [1.165, 1.54) is 6.92 Å². The molecule has 3 N–H and O–H groups in total. The van der Waals surface area contributed by atoms with Gasteiger partial charge in [-0.25, -0.2) is 4.79 Å². The fourth-order valence-electron chi connectivity index (χ4n) is 3.63. The average molecular weight is 334 g/mol. The van der Waals surface area contributed by atoms with E-state index in [9.17, 15) is 19.5 Å². The number of amides is 1. The highest BCUT2D eigenvalue weighted by atomic mass is 16.4. The third kappa shape index (κ3) is 3.23. The Labute approximate surface area is 142 Å². The van der Waals surface area contributed by atoms with Crippen LogP contribution in [0.4, 0.5) is 0 Å². The SMILES string of the molecule is CCc1c(C(=O)NC2(C(=O)O)CCC(C)CC2)[nH]c(C)c1C(C)=O. The van der Waals surface area contributed by atoms with E-state index in [0.717, 1.165) is 12.8 Å². The number of hydrogen-bond donors (Lipinski definition) is 3. The van der Waals surface area contributed by atoms with Crippen molar-refractivity contribution >= 4 is 17.7 Å². The molecule has 0 aromatic carbocycles. The Bertz CT molecular complexity index is 667. The molecule has 24 heavy (non-hydrogen) atoms. The molecule has 1 amide bonds. The summed E-state index contributed by atoms with van der Waals surface area (Å²) >= 11 is 0. The Balaban J connectivity index is 2.33. The van der Waals surface area contributed by atoms with Crippen molar-refractivity contribution in [1.29, 1.82) is 0 Å². The lowest BCUT2D eigenvalue weighted by atomic mass is 9.77. The van der Waals surface area contributed by atoms with Crippen LogP contribution in [0.25, 0.3) is 0 Å². The third-order valence-corrected chi connectivity index (χ3v) is 5.11. The molecule has 0 bridgehead atoms. The second-order valence-corrected chi connectivity index (χ2v) is 6.91. The zero-order chi connectivity index (χ0) is 18.1. The number of carboxylic acids is 1. The number of ketones is 1. The van der Waals surface area contributed by atoms with Crippen LogP contribution >= 0.6 is 0 Å². The first-order valence-corrected chi connectivity index (χ1v) is 8.50. The summed E-state index contributed by atoms with van der Waals surface area (Å²) in [6, 6.07) is 0. The normalized spacial score (nSPS) is 23.8. The van der Waals surface area contributed by atoms with Crippen LogP contribution in [0.2, 0.25) is 0 Å². The average Bonchev–Trinajstić information content (AvgIpc) is 2.86. The Hall–Kier alpha value is -2.11. The molecule has 6 heteroatoms. The zero-order valence-corrected chi connectivity index (χ0v) is 14.8. The van der Waals surface area contributed by atoms with Crippen molar-refractivity contribution in [3.63, 3.8) is 0 Å². The van der Waals surface area contributed by atoms with E-state index in [2.05, 4.69) is 17.2 Å². The quantitative estimate of drug-likeness (QED) is 0.721. The maximum absolute atomic E-state index is 12.8. The van der Waals surface area contributed by atoms with E-state index in [1.54, 1.807) is 6.92 Å². The molecule has 0 radical (unpaired) electrons. The van der Waals surface area contributed by atoms with Crippen LogP contribution in [0.5, 0.6) is 0 Å². The molecule has 1 fully saturated rings. The predicted octanol–water partition coefficient (Wildman–Crippen LogP) is 2.85. The summed E-state index contributed by atoms with van der Waals surface area (Å²) in [5, 5.41) is 12.4. The van der Waals surface area contributed by atoms with Crippen molar-refractivity contribution in [3.8, 4) is 0 Å². The number of carbonyl (C=O) groups excluding carboxylic acids is 2. The number of aromatic amines is 1. The van der Waals surface area contributed by atoms with Gasteiger partial charge in [0.1, 0.15) is 11.2 Å². The van der Waals surface area contributed by atoms with E-state index in [-0.39, 0.29) is 5.78 Å². The molecule has 1 heterocycles. The molecule has 0 saturated heterocycles. The maximum Gasteiger partial charge on any atom is 0.329 e.